The van der Waals surface area contributed by atoms with E-state index in [2.05, 4.69) is 10.1 Å². The van der Waals surface area contributed by atoms with Gasteiger partial charge in [-0.3, -0.25) is 9.69 Å². The van der Waals surface area contributed by atoms with Crippen molar-refractivity contribution in [2.45, 2.75) is 62.8 Å². The number of carbonyl (C=O) groups is 1. The van der Waals surface area contributed by atoms with E-state index in [0.717, 1.165) is 13.1 Å². The van der Waals surface area contributed by atoms with Gasteiger partial charge in [0.1, 0.15) is 11.5 Å². The normalized spacial score (nSPS) is 22.8. The van der Waals surface area contributed by atoms with Crippen molar-refractivity contribution in [2.75, 3.05) is 39.3 Å². The molecule has 0 radical (unpaired) electrons. The van der Waals surface area contributed by atoms with Gasteiger partial charge in [-0.25, -0.2) is 12.8 Å². The van der Waals surface area contributed by atoms with E-state index in [0.29, 0.717) is 44.1 Å². The molecule has 1 atom stereocenters. The summed E-state index contributed by atoms with van der Waals surface area (Å²) in [5, 5.41) is 3.88. The molecule has 2 aromatic rings. The van der Waals surface area contributed by atoms with Gasteiger partial charge in [-0.05, 0) is 50.8 Å². The second-order valence-electron chi connectivity index (χ2n) is 10.7. The van der Waals surface area contributed by atoms with Gasteiger partial charge in [0, 0.05) is 50.9 Å². The molecule has 3 heterocycles. The predicted molar refractivity (Wildman–Crippen MR) is 143 cm³/mol. The standard InChI is InChI=1S/C28H37FN4O4S/c1-21-27(26(37-30-21)14-13-22-8-5-6-12-25(22)29)38(35,36)33-15-7-9-23(20-33)28(34)32-18-16-31(17-19-32)24-10-3-2-4-11-24/h5-6,8,12-14,23-24H,2-4,7,9-11,15-20H2,1H3/b14-13+/t23-/m1/s1. The third-order valence-electron chi connectivity index (χ3n) is 8.20. The van der Waals surface area contributed by atoms with Gasteiger partial charge in [0.2, 0.25) is 15.9 Å². The minimum atomic E-state index is -3.96. The molecule has 206 valence electrons. The number of rotatable bonds is 6. The van der Waals surface area contributed by atoms with Crippen LogP contribution in [0.25, 0.3) is 12.2 Å². The van der Waals surface area contributed by atoms with Crippen LogP contribution in [-0.2, 0) is 14.8 Å². The van der Waals surface area contributed by atoms with Crippen molar-refractivity contribution >= 4 is 28.1 Å². The van der Waals surface area contributed by atoms with Crippen LogP contribution in [0.2, 0.25) is 0 Å². The lowest BCUT2D eigenvalue weighted by Crippen LogP contribution is -2.55. The maximum absolute atomic E-state index is 14.0. The van der Waals surface area contributed by atoms with Gasteiger partial charge in [-0.15, -0.1) is 0 Å². The number of hydrogen-bond donors (Lipinski definition) is 0. The van der Waals surface area contributed by atoms with Crippen LogP contribution < -0.4 is 0 Å². The Morgan fingerprint density at radius 3 is 2.47 bits per heavy atom. The third kappa shape index (κ3) is 5.72. The number of nitrogens with zero attached hydrogens (tertiary/aromatic N) is 4. The van der Waals surface area contributed by atoms with Crippen molar-refractivity contribution < 1.29 is 22.1 Å². The monoisotopic (exact) mass is 544 g/mol. The first kappa shape index (κ1) is 27.0. The molecule has 0 unspecified atom stereocenters. The quantitative estimate of drug-likeness (QED) is 0.543. The molecule has 1 aromatic heterocycles. The minimum absolute atomic E-state index is 0.0284. The fraction of sp³-hybridized carbons (Fsp3) is 0.571. The molecular formula is C28H37FN4O4S. The average Bonchev–Trinajstić information content (AvgIpc) is 3.33. The highest BCUT2D eigenvalue weighted by Crippen LogP contribution is 2.30. The first-order valence-corrected chi connectivity index (χ1v) is 15.2. The Bertz CT molecular complexity index is 1260. The number of piperidine rings is 1. The van der Waals surface area contributed by atoms with Gasteiger partial charge in [0.05, 0.1) is 5.92 Å². The highest BCUT2D eigenvalue weighted by molar-refractivity contribution is 7.89. The van der Waals surface area contributed by atoms with Crippen molar-refractivity contribution in [3.05, 3.63) is 47.1 Å². The summed E-state index contributed by atoms with van der Waals surface area (Å²) >= 11 is 0. The number of amides is 1. The minimum Gasteiger partial charge on any atom is -0.355 e. The molecule has 2 saturated heterocycles. The Labute approximate surface area is 224 Å². The Morgan fingerprint density at radius 1 is 1.00 bits per heavy atom. The lowest BCUT2D eigenvalue weighted by atomic mass is 9.93. The maximum Gasteiger partial charge on any atom is 0.248 e. The molecule has 1 saturated carbocycles. The van der Waals surface area contributed by atoms with E-state index in [1.54, 1.807) is 25.1 Å². The van der Waals surface area contributed by atoms with Gasteiger partial charge < -0.3 is 9.42 Å². The van der Waals surface area contributed by atoms with Crippen LogP contribution in [0.5, 0.6) is 0 Å². The van der Waals surface area contributed by atoms with Gasteiger partial charge in [-0.2, -0.15) is 4.31 Å². The van der Waals surface area contributed by atoms with E-state index in [9.17, 15) is 17.6 Å². The summed E-state index contributed by atoms with van der Waals surface area (Å²) in [5.74, 6) is -0.674. The van der Waals surface area contributed by atoms with Gasteiger partial charge in [0.15, 0.2) is 10.7 Å². The zero-order valence-corrected chi connectivity index (χ0v) is 22.8. The molecule has 1 aliphatic carbocycles. The van der Waals surface area contributed by atoms with Crippen molar-refractivity contribution in [1.29, 1.82) is 0 Å². The zero-order chi connectivity index (χ0) is 26.7. The van der Waals surface area contributed by atoms with E-state index in [4.69, 9.17) is 4.52 Å². The molecule has 3 aliphatic rings. The molecule has 1 aromatic carbocycles. The van der Waals surface area contributed by atoms with Crippen molar-refractivity contribution in [3.63, 3.8) is 0 Å². The number of halogens is 1. The smallest absolute Gasteiger partial charge is 0.248 e. The highest BCUT2D eigenvalue weighted by Gasteiger charge is 2.39. The molecule has 2 aliphatic heterocycles. The Hall–Kier alpha value is -2.56. The van der Waals surface area contributed by atoms with Crippen LogP contribution in [0.1, 0.15) is 62.0 Å². The molecule has 5 rings (SSSR count). The number of sulfonamides is 1. The maximum atomic E-state index is 14.0. The molecule has 8 nitrogen and oxygen atoms in total. The van der Waals surface area contributed by atoms with E-state index >= 15 is 0 Å². The fourth-order valence-corrected chi connectivity index (χ4v) is 7.85. The van der Waals surface area contributed by atoms with Crippen molar-refractivity contribution in [1.82, 2.24) is 19.3 Å². The number of aromatic nitrogens is 1. The first-order valence-electron chi connectivity index (χ1n) is 13.8. The molecule has 0 bridgehead atoms. The molecule has 38 heavy (non-hydrogen) atoms. The summed E-state index contributed by atoms with van der Waals surface area (Å²) < 4.78 is 48.2. The van der Waals surface area contributed by atoms with Gasteiger partial charge in [-0.1, -0.05) is 42.6 Å². The van der Waals surface area contributed by atoms with Crippen LogP contribution in [0.3, 0.4) is 0 Å². The second-order valence-corrected chi connectivity index (χ2v) is 12.5. The number of carbonyl (C=O) groups excluding carboxylic acids is 1. The van der Waals surface area contributed by atoms with E-state index < -0.39 is 15.8 Å². The Morgan fingerprint density at radius 2 is 1.74 bits per heavy atom. The SMILES string of the molecule is Cc1noc(/C=C/c2ccccc2F)c1S(=O)(=O)N1CCC[C@@H](C(=O)N2CCN(C3CCCCC3)CC2)C1. The first-order chi connectivity index (χ1) is 18.3. The summed E-state index contributed by atoms with van der Waals surface area (Å²) in [7, 11) is -3.96. The lowest BCUT2D eigenvalue weighted by molar-refractivity contribution is -0.138. The summed E-state index contributed by atoms with van der Waals surface area (Å²) in [6.07, 6.45) is 10.6. The molecule has 0 N–H and O–H groups in total. The Balaban J connectivity index is 1.26. The van der Waals surface area contributed by atoms with E-state index in [1.165, 1.54) is 54.6 Å². The van der Waals surface area contributed by atoms with Crippen LogP contribution >= 0.6 is 0 Å². The summed E-state index contributed by atoms with van der Waals surface area (Å²) in [4.78, 5) is 17.9. The average molecular weight is 545 g/mol. The van der Waals surface area contributed by atoms with E-state index in [-0.39, 0.29) is 34.7 Å². The molecule has 10 heteroatoms. The van der Waals surface area contributed by atoms with Gasteiger partial charge >= 0.3 is 0 Å². The predicted octanol–water partition coefficient (Wildman–Crippen LogP) is 4.17. The van der Waals surface area contributed by atoms with Gasteiger partial charge in [0.25, 0.3) is 0 Å². The third-order valence-corrected chi connectivity index (χ3v) is 10.2. The largest absolute Gasteiger partial charge is 0.355 e. The number of piperazine rings is 1. The number of benzene rings is 1. The number of hydrogen-bond acceptors (Lipinski definition) is 6. The lowest BCUT2D eigenvalue weighted by Gasteiger charge is -2.42. The molecule has 1 amide bonds. The molecular weight excluding hydrogens is 507 g/mol. The van der Waals surface area contributed by atoms with Crippen molar-refractivity contribution in [2.24, 2.45) is 5.92 Å². The fourth-order valence-electron chi connectivity index (χ4n) is 6.08. The van der Waals surface area contributed by atoms with Crippen LogP contribution in [0.15, 0.2) is 33.7 Å². The van der Waals surface area contributed by atoms with Crippen molar-refractivity contribution in [3.8, 4) is 0 Å². The summed E-state index contributed by atoms with van der Waals surface area (Å²) in [6.45, 7) is 5.25. The molecule has 3 fully saturated rings. The topological polar surface area (TPSA) is 87.0 Å². The highest BCUT2D eigenvalue weighted by atomic mass is 32.2. The Kier molecular flexibility index (Phi) is 8.30. The molecule has 0 spiro atoms. The second kappa shape index (κ2) is 11.7. The van der Waals surface area contributed by atoms with Crippen LogP contribution in [-0.4, -0.2) is 78.9 Å². The zero-order valence-electron chi connectivity index (χ0n) is 22.0. The van der Waals surface area contributed by atoms with E-state index in [1.807, 2.05) is 4.90 Å². The summed E-state index contributed by atoms with van der Waals surface area (Å²) in [6, 6.07) is 6.87. The van der Waals surface area contributed by atoms with Crippen LogP contribution in [0, 0.1) is 18.7 Å². The number of aryl methyl sites for hydroxylation is 1. The summed E-state index contributed by atoms with van der Waals surface area (Å²) in [5.41, 5.74) is 0.558. The van der Waals surface area contributed by atoms with Crippen LogP contribution in [0.4, 0.5) is 4.39 Å².